The second kappa shape index (κ2) is 5.83. The van der Waals surface area contributed by atoms with Crippen LogP contribution in [0.15, 0.2) is 0 Å². The van der Waals surface area contributed by atoms with E-state index in [-0.39, 0.29) is 11.8 Å². The maximum absolute atomic E-state index is 11.9. The van der Waals surface area contributed by atoms with Crippen LogP contribution in [0.25, 0.3) is 0 Å². The smallest absolute Gasteiger partial charge is 0.223 e. The van der Waals surface area contributed by atoms with Crippen molar-refractivity contribution in [2.75, 3.05) is 39.3 Å². The third-order valence-electron chi connectivity index (χ3n) is 4.32. The van der Waals surface area contributed by atoms with Gasteiger partial charge in [0.15, 0.2) is 0 Å². The van der Waals surface area contributed by atoms with Crippen LogP contribution in [0.3, 0.4) is 0 Å². The second-order valence-electron chi connectivity index (χ2n) is 5.50. The normalized spacial score (nSPS) is 27.8. The number of carbonyl (C=O) groups excluding carboxylic acids is 1. The fraction of sp³-hybridized carbons (Fsp3) is 0.923. The van der Waals surface area contributed by atoms with E-state index in [2.05, 4.69) is 22.5 Å². The van der Waals surface area contributed by atoms with Gasteiger partial charge in [-0.25, -0.2) is 0 Å². The van der Waals surface area contributed by atoms with E-state index < -0.39 is 0 Å². The third kappa shape index (κ3) is 3.19. The van der Waals surface area contributed by atoms with Crippen molar-refractivity contribution in [1.82, 2.24) is 15.5 Å². The van der Waals surface area contributed by atoms with E-state index in [1.807, 2.05) is 6.92 Å². The third-order valence-corrected chi connectivity index (χ3v) is 4.32. The average Bonchev–Trinajstić information content (AvgIpc) is 2.71. The summed E-state index contributed by atoms with van der Waals surface area (Å²) in [7, 11) is 0. The molecule has 2 unspecified atom stereocenters. The van der Waals surface area contributed by atoms with Crippen LogP contribution in [-0.4, -0.2) is 50.1 Å². The van der Waals surface area contributed by atoms with Gasteiger partial charge in [0.05, 0.1) is 0 Å². The lowest BCUT2D eigenvalue weighted by molar-refractivity contribution is -0.126. The molecule has 0 aromatic rings. The number of hydrogen-bond acceptors (Lipinski definition) is 3. The Balaban J connectivity index is 1.65. The van der Waals surface area contributed by atoms with Crippen molar-refractivity contribution in [2.45, 2.75) is 20.3 Å². The largest absolute Gasteiger partial charge is 0.356 e. The highest BCUT2D eigenvalue weighted by atomic mass is 16.1. The van der Waals surface area contributed by atoms with Gasteiger partial charge in [-0.15, -0.1) is 0 Å². The molecule has 2 aliphatic rings. The maximum Gasteiger partial charge on any atom is 0.223 e. The van der Waals surface area contributed by atoms with Crippen LogP contribution < -0.4 is 10.6 Å². The standard InChI is InChI=1S/C13H25N3O/c1-3-16-5-4-11(9-16)6-15-13(17)10(2)12-7-14-8-12/h10-12,14H,3-9H2,1-2H3,(H,15,17). The van der Waals surface area contributed by atoms with Gasteiger partial charge in [-0.2, -0.15) is 0 Å². The highest BCUT2D eigenvalue weighted by molar-refractivity contribution is 5.78. The summed E-state index contributed by atoms with van der Waals surface area (Å²) < 4.78 is 0. The summed E-state index contributed by atoms with van der Waals surface area (Å²) in [4.78, 5) is 14.4. The zero-order chi connectivity index (χ0) is 12.3. The van der Waals surface area contributed by atoms with Crippen molar-refractivity contribution >= 4 is 5.91 Å². The van der Waals surface area contributed by atoms with Crippen LogP contribution in [-0.2, 0) is 4.79 Å². The molecule has 0 bridgehead atoms. The molecular formula is C13H25N3O. The summed E-state index contributed by atoms with van der Waals surface area (Å²) in [5.41, 5.74) is 0. The molecule has 17 heavy (non-hydrogen) atoms. The van der Waals surface area contributed by atoms with Gasteiger partial charge in [-0.3, -0.25) is 4.79 Å². The van der Waals surface area contributed by atoms with Gasteiger partial charge in [0.25, 0.3) is 0 Å². The van der Waals surface area contributed by atoms with Crippen LogP contribution in [0.2, 0.25) is 0 Å². The van der Waals surface area contributed by atoms with Crippen molar-refractivity contribution in [3.63, 3.8) is 0 Å². The minimum Gasteiger partial charge on any atom is -0.356 e. The summed E-state index contributed by atoms with van der Waals surface area (Å²) in [6.07, 6.45) is 1.23. The Morgan fingerprint density at radius 3 is 2.82 bits per heavy atom. The molecule has 0 saturated carbocycles. The first-order chi connectivity index (χ1) is 8.20. The van der Waals surface area contributed by atoms with E-state index in [4.69, 9.17) is 0 Å². The van der Waals surface area contributed by atoms with Gasteiger partial charge in [0.2, 0.25) is 5.91 Å². The lowest BCUT2D eigenvalue weighted by Crippen LogP contribution is -2.50. The topological polar surface area (TPSA) is 44.4 Å². The summed E-state index contributed by atoms with van der Waals surface area (Å²) in [6.45, 7) is 10.6. The van der Waals surface area contributed by atoms with Crippen LogP contribution in [0, 0.1) is 17.8 Å². The molecule has 0 aromatic carbocycles. The summed E-state index contributed by atoms with van der Waals surface area (Å²) in [6, 6.07) is 0. The monoisotopic (exact) mass is 239 g/mol. The van der Waals surface area contributed by atoms with Gasteiger partial charge >= 0.3 is 0 Å². The molecule has 2 atom stereocenters. The Labute approximate surface area is 104 Å². The molecule has 0 radical (unpaired) electrons. The second-order valence-corrected chi connectivity index (χ2v) is 5.50. The molecule has 4 heteroatoms. The Morgan fingerprint density at radius 1 is 1.53 bits per heavy atom. The summed E-state index contributed by atoms with van der Waals surface area (Å²) in [5.74, 6) is 1.61. The van der Waals surface area contributed by atoms with Gasteiger partial charge in [-0.05, 0) is 44.4 Å². The van der Waals surface area contributed by atoms with E-state index in [1.54, 1.807) is 0 Å². The van der Waals surface area contributed by atoms with Crippen LogP contribution >= 0.6 is 0 Å². The number of nitrogens with zero attached hydrogens (tertiary/aromatic N) is 1. The van der Waals surface area contributed by atoms with Crippen LogP contribution in [0.4, 0.5) is 0 Å². The van der Waals surface area contributed by atoms with Gasteiger partial charge < -0.3 is 15.5 Å². The zero-order valence-corrected chi connectivity index (χ0v) is 11.0. The quantitative estimate of drug-likeness (QED) is 0.725. The Morgan fingerprint density at radius 2 is 2.29 bits per heavy atom. The Hall–Kier alpha value is -0.610. The first-order valence-corrected chi connectivity index (χ1v) is 6.91. The Kier molecular flexibility index (Phi) is 4.40. The highest BCUT2D eigenvalue weighted by Crippen LogP contribution is 2.17. The summed E-state index contributed by atoms with van der Waals surface area (Å²) in [5, 5.41) is 6.35. The fourth-order valence-corrected chi connectivity index (χ4v) is 2.65. The highest BCUT2D eigenvalue weighted by Gasteiger charge is 2.29. The predicted molar refractivity (Wildman–Crippen MR) is 68.8 cm³/mol. The lowest BCUT2D eigenvalue weighted by atomic mass is 9.88. The number of carbonyl (C=O) groups is 1. The molecule has 0 aliphatic carbocycles. The molecule has 4 nitrogen and oxygen atoms in total. The number of rotatable bonds is 5. The minimum atomic E-state index is 0.167. The van der Waals surface area contributed by atoms with E-state index in [1.165, 1.54) is 13.0 Å². The van der Waals surface area contributed by atoms with Crippen molar-refractivity contribution < 1.29 is 4.79 Å². The van der Waals surface area contributed by atoms with Crippen LogP contribution in [0.1, 0.15) is 20.3 Å². The van der Waals surface area contributed by atoms with E-state index in [0.29, 0.717) is 11.8 Å². The number of hydrogen-bond donors (Lipinski definition) is 2. The van der Waals surface area contributed by atoms with Gasteiger partial charge in [0, 0.05) is 19.0 Å². The van der Waals surface area contributed by atoms with E-state index >= 15 is 0 Å². The van der Waals surface area contributed by atoms with E-state index in [9.17, 15) is 4.79 Å². The van der Waals surface area contributed by atoms with Crippen molar-refractivity contribution in [3.8, 4) is 0 Å². The molecule has 2 heterocycles. The summed E-state index contributed by atoms with van der Waals surface area (Å²) >= 11 is 0. The molecule has 0 spiro atoms. The van der Waals surface area contributed by atoms with Crippen LogP contribution in [0.5, 0.6) is 0 Å². The van der Waals surface area contributed by atoms with E-state index in [0.717, 1.165) is 32.7 Å². The maximum atomic E-state index is 11.9. The molecule has 2 rings (SSSR count). The SMILES string of the molecule is CCN1CCC(CNC(=O)C(C)C2CNC2)C1. The molecule has 2 N–H and O–H groups in total. The van der Waals surface area contributed by atoms with Gasteiger partial charge in [0.1, 0.15) is 0 Å². The van der Waals surface area contributed by atoms with Gasteiger partial charge in [-0.1, -0.05) is 13.8 Å². The lowest BCUT2D eigenvalue weighted by Gasteiger charge is -2.32. The number of likely N-dealkylation sites (tertiary alicyclic amines) is 1. The Bertz CT molecular complexity index is 265. The molecular weight excluding hydrogens is 214 g/mol. The van der Waals surface area contributed by atoms with Crippen molar-refractivity contribution in [2.24, 2.45) is 17.8 Å². The average molecular weight is 239 g/mol. The predicted octanol–water partition coefficient (Wildman–Crippen LogP) is 0.300. The number of nitrogens with one attached hydrogen (secondary N) is 2. The molecule has 2 fully saturated rings. The zero-order valence-electron chi connectivity index (χ0n) is 11.0. The van der Waals surface area contributed by atoms with Crippen molar-refractivity contribution in [1.29, 1.82) is 0 Å². The number of amides is 1. The first kappa shape index (κ1) is 12.8. The minimum absolute atomic E-state index is 0.167. The molecule has 2 saturated heterocycles. The molecule has 98 valence electrons. The molecule has 0 aromatic heterocycles. The first-order valence-electron chi connectivity index (χ1n) is 6.91. The molecule has 2 aliphatic heterocycles. The fourth-order valence-electron chi connectivity index (χ4n) is 2.65. The van der Waals surface area contributed by atoms with Crippen molar-refractivity contribution in [3.05, 3.63) is 0 Å². The molecule has 1 amide bonds.